The zero-order valence-corrected chi connectivity index (χ0v) is 29.4. The van der Waals surface area contributed by atoms with Gasteiger partial charge in [0.1, 0.15) is 11.4 Å². The lowest BCUT2D eigenvalue weighted by molar-refractivity contribution is -0.124. The number of likely N-dealkylation sites (N-methyl/N-ethyl adjacent to an activating group) is 2. The molecular weight excluding hydrogens is 632 g/mol. The van der Waals surface area contributed by atoms with E-state index < -0.39 is 10.8 Å². The summed E-state index contributed by atoms with van der Waals surface area (Å²) >= 11 is 0. The molecule has 260 valence electrons. The number of benzene rings is 2. The molecule has 0 radical (unpaired) electrons. The number of nitrogens with two attached hydrogens (primary N) is 2. The fourth-order valence-corrected chi connectivity index (χ4v) is 7.97. The van der Waals surface area contributed by atoms with Crippen LogP contribution in [0.2, 0.25) is 0 Å². The molecule has 0 atom stereocenters. The molecule has 8 N–H and O–H groups in total. The van der Waals surface area contributed by atoms with Crippen molar-refractivity contribution < 1.29 is 9.59 Å². The summed E-state index contributed by atoms with van der Waals surface area (Å²) in [6.07, 6.45) is 6.27. The summed E-state index contributed by atoms with van der Waals surface area (Å²) in [5, 5.41) is 13.6. The molecule has 6 heterocycles. The number of aromatic amines is 4. The van der Waals surface area contributed by atoms with Crippen molar-refractivity contribution in [1.29, 1.82) is 0 Å². The summed E-state index contributed by atoms with van der Waals surface area (Å²) in [7, 11) is 0. The van der Waals surface area contributed by atoms with Crippen molar-refractivity contribution in [2.24, 2.45) is 0 Å². The molecule has 0 fully saturated rings. The highest BCUT2D eigenvalue weighted by molar-refractivity contribution is 6.11. The van der Waals surface area contributed by atoms with Gasteiger partial charge in [0.15, 0.2) is 11.6 Å². The SMILES string of the molecule is CCN1C(=O)C(CC)(CC)c2cc3[nH]c(-c4[nH]ncc4N)nc3cc21.CCN1C(=O)C(CC)(CC)c2cc3[nH]c(-c4[nH]ncc4N)nc3cc21. The molecule has 6 aromatic rings. The fraction of sp³-hybridized carbons (Fsp3) is 0.389. The Morgan fingerprint density at radius 1 is 0.620 bits per heavy atom. The van der Waals surface area contributed by atoms with E-state index in [1.165, 1.54) is 0 Å². The molecule has 0 aliphatic carbocycles. The largest absolute Gasteiger partial charge is 0.396 e. The Morgan fingerprint density at radius 2 is 1.00 bits per heavy atom. The summed E-state index contributed by atoms with van der Waals surface area (Å²) in [5.74, 6) is 1.70. The summed E-state index contributed by atoms with van der Waals surface area (Å²) in [4.78, 5) is 45.7. The molecule has 50 heavy (non-hydrogen) atoms. The van der Waals surface area contributed by atoms with Gasteiger partial charge in [-0.25, -0.2) is 9.97 Å². The number of amides is 2. The van der Waals surface area contributed by atoms with Crippen LogP contribution in [-0.2, 0) is 20.4 Å². The van der Waals surface area contributed by atoms with Gasteiger partial charge in [-0.1, -0.05) is 27.7 Å². The van der Waals surface area contributed by atoms with Crippen LogP contribution in [0.4, 0.5) is 22.7 Å². The molecule has 0 bridgehead atoms. The van der Waals surface area contributed by atoms with Crippen LogP contribution in [0, 0.1) is 0 Å². The predicted octanol–water partition coefficient (Wildman–Crippen LogP) is 5.92. The molecule has 2 amide bonds. The molecule has 2 aromatic carbocycles. The second-order valence-electron chi connectivity index (χ2n) is 13.0. The number of hydrogen-bond acceptors (Lipinski definition) is 8. The predicted molar refractivity (Wildman–Crippen MR) is 197 cm³/mol. The molecule has 14 nitrogen and oxygen atoms in total. The second-order valence-corrected chi connectivity index (χ2v) is 13.0. The molecule has 14 heteroatoms. The highest BCUT2D eigenvalue weighted by Crippen LogP contribution is 2.49. The molecule has 8 rings (SSSR count). The van der Waals surface area contributed by atoms with Gasteiger partial charge in [0.2, 0.25) is 11.8 Å². The average Bonchev–Trinajstić information content (AvgIpc) is 3.96. The van der Waals surface area contributed by atoms with Crippen molar-refractivity contribution in [2.45, 2.75) is 78.1 Å². The van der Waals surface area contributed by atoms with Crippen LogP contribution >= 0.6 is 0 Å². The van der Waals surface area contributed by atoms with Gasteiger partial charge >= 0.3 is 0 Å². The van der Waals surface area contributed by atoms with E-state index >= 15 is 0 Å². The lowest BCUT2D eigenvalue weighted by atomic mass is 9.77. The van der Waals surface area contributed by atoms with Crippen LogP contribution in [0.3, 0.4) is 0 Å². The van der Waals surface area contributed by atoms with Gasteiger partial charge in [0.05, 0.1) is 68.0 Å². The van der Waals surface area contributed by atoms with Gasteiger partial charge in [-0.3, -0.25) is 19.8 Å². The van der Waals surface area contributed by atoms with Gasteiger partial charge in [0.25, 0.3) is 0 Å². The third-order valence-electron chi connectivity index (χ3n) is 11.0. The van der Waals surface area contributed by atoms with Gasteiger partial charge in [-0.05, 0) is 74.9 Å². The van der Waals surface area contributed by atoms with E-state index in [1.54, 1.807) is 12.4 Å². The van der Waals surface area contributed by atoms with E-state index in [1.807, 2.05) is 35.8 Å². The van der Waals surface area contributed by atoms with Crippen molar-refractivity contribution in [3.63, 3.8) is 0 Å². The summed E-state index contributed by atoms with van der Waals surface area (Å²) in [6.45, 7) is 13.7. The Kier molecular flexibility index (Phi) is 7.91. The zero-order valence-electron chi connectivity index (χ0n) is 29.4. The van der Waals surface area contributed by atoms with E-state index in [2.05, 4.69) is 80.2 Å². The molecule has 2 aliphatic rings. The van der Waals surface area contributed by atoms with Gasteiger partial charge in [-0.15, -0.1) is 0 Å². The first-order chi connectivity index (χ1) is 24.1. The van der Waals surface area contributed by atoms with Crippen molar-refractivity contribution in [1.82, 2.24) is 40.3 Å². The van der Waals surface area contributed by atoms with Crippen molar-refractivity contribution in [3.8, 4) is 23.0 Å². The number of nitrogen functional groups attached to an aromatic ring is 2. The molecule has 0 unspecified atom stereocenters. The highest BCUT2D eigenvalue weighted by Gasteiger charge is 2.49. The maximum absolute atomic E-state index is 13.0. The van der Waals surface area contributed by atoms with E-state index in [0.717, 1.165) is 70.3 Å². The van der Waals surface area contributed by atoms with E-state index in [4.69, 9.17) is 11.5 Å². The summed E-state index contributed by atoms with van der Waals surface area (Å²) in [5.41, 5.74) is 21.0. The Hall–Kier alpha value is -5.66. The number of anilines is 4. The smallest absolute Gasteiger partial charge is 0.237 e. The zero-order chi connectivity index (χ0) is 35.5. The minimum Gasteiger partial charge on any atom is -0.396 e. The Balaban J connectivity index is 0.000000157. The second kappa shape index (κ2) is 12.0. The number of nitrogens with one attached hydrogen (secondary N) is 4. The number of nitrogens with zero attached hydrogens (tertiary/aromatic N) is 6. The summed E-state index contributed by atoms with van der Waals surface area (Å²) in [6, 6.07) is 8.17. The molecule has 0 saturated heterocycles. The maximum atomic E-state index is 13.0. The summed E-state index contributed by atoms with van der Waals surface area (Å²) < 4.78 is 0. The average molecular weight is 677 g/mol. The van der Waals surface area contributed by atoms with E-state index in [0.29, 0.717) is 47.5 Å². The third kappa shape index (κ3) is 4.53. The Morgan fingerprint density at radius 3 is 1.30 bits per heavy atom. The van der Waals surface area contributed by atoms with Gasteiger partial charge < -0.3 is 31.2 Å². The van der Waals surface area contributed by atoms with E-state index in [9.17, 15) is 9.59 Å². The van der Waals surface area contributed by atoms with Crippen LogP contribution in [-0.4, -0.2) is 65.2 Å². The van der Waals surface area contributed by atoms with Gasteiger partial charge in [-0.2, -0.15) is 10.2 Å². The first kappa shape index (κ1) is 32.9. The highest BCUT2D eigenvalue weighted by atomic mass is 16.2. The first-order valence-electron chi connectivity index (χ1n) is 17.4. The lowest BCUT2D eigenvalue weighted by Gasteiger charge is -2.25. The van der Waals surface area contributed by atoms with Crippen molar-refractivity contribution >= 4 is 56.6 Å². The van der Waals surface area contributed by atoms with Crippen molar-refractivity contribution in [3.05, 3.63) is 47.8 Å². The number of hydrogen-bond donors (Lipinski definition) is 6. The number of imidazole rings is 2. The quantitative estimate of drug-likeness (QED) is 0.114. The van der Waals surface area contributed by atoms with E-state index in [-0.39, 0.29) is 11.8 Å². The molecule has 0 spiro atoms. The van der Waals surface area contributed by atoms with Crippen LogP contribution in [0.1, 0.15) is 78.4 Å². The standard InChI is InChI=1S/2C18H22N6O/c2*1-4-18(5-2)10-7-12-13(8-14(10)24(6-3)17(18)25)22-16(21-12)15-11(19)9-20-23-15/h2*7-9H,4-6,19H2,1-3H3,(H,20,23)(H,21,22). The van der Waals surface area contributed by atoms with Crippen LogP contribution < -0.4 is 21.3 Å². The van der Waals surface area contributed by atoms with Gasteiger partial charge in [0, 0.05) is 13.1 Å². The topological polar surface area (TPSA) is 207 Å². The van der Waals surface area contributed by atoms with Crippen LogP contribution in [0.15, 0.2) is 36.7 Å². The molecule has 2 aliphatic heterocycles. The fourth-order valence-electron chi connectivity index (χ4n) is 7.97. The first-order valence-corrected chi connectivity index (χ1v) is 17.4. The van der Waals surface area contributed by atoms with Crippen molar-refractivity contribution in [2.75, 3.05) is 34.4 Å². The minimum absolute atomic E-state index is 0.195. The molecular formula is C36H44N12O2. The number of carbonyl (C=O) groups excluding carboxylic acids is 2. The Labute approximate surface area is 289 Å². The lowest BCUT2D eigenvalue weighted by Crippen LogP contribution is -2.39. The number of aromatic nitrogens is 8. The molecule has 0 saturated carbocycles. The number of H-pyrrole nitrogens is 4. The monoisotopic (exact) mass is 676 g/mol. The molecule has 4 aromatic heterocycles. The normalized spacial score (nSPS) is 16.0. The van der Waals surface area contributed by atoms with Crippen LogP contribution in [0.25, 0.3) is 45.1 Å². The number of fused-ring (bicyclic) bond motifs is 4. The minimum atomic E-state index is -0.447. The number of carbonyl (C=O) groups is 2. The third-order valence-corrected chi connectivity index (χ3v) is 11.0. The Bertz CT molecular complexity index is 2090. The number of rotatable bonds is 8. The maximum Gasteiger partial charge on any atom is 0.237 e. The van der Waals surface area contributed by atoms with Crippen LogP contribution in [0.5, 0.6) is 0 Å².